The van der Waals surface area contributed by atoms with Crippen LogP contribution in [0, 0.1) is 6.92 Å². The number of methoxy groups -OCH3 is 1. The normalized spacial score (nSPS) is 12.6. The topological polar surface area (TPSA) is 74.2 Å². The highest BCUT2D eigenvalue weighted by atomic mass is 16.5. The van der Waals surface area contributed by atoms with E-state index < -0.39 is 0 Å². The first kappa shape index (κ1) is 14.7. The fourth-order valence-electron chi connectivity index (χ4n) is 1.95. The zero-order chi connectivity index (χ0) is 14.4. The standard InChI is InChI=1S/C15H21N3O2/c1-11-5-7-12(8-6-11)10-14-17-15(20-18-14)13(16)4-3-9-19-2/h5-8,13H,3-4,9-10,16H2,1-2H3. The third kappa shape index (κ3) is 4.15. The molecule has 1 aromatic heterocycles. The summed E-state index contributed by atoms with van der Waals surface area (Å²) in [6, 6.07) is 8.08. The Hall–Kier alpha value is -1.72. The van der Waals surface area contributed by atoms with E-state index in [0.29, 0.717) is 24.7 Å². The summed E-state index contributed by atoms with van der Waals surface area (Å²) in [5, 5.41) is 3.99. The zero-order valence-electron chi connectivity index (χ0n) is 12.0. The van der Waals surface area contributed by atoms with Gasteiger partial charge in [-0.05, 0) is 25.3 Å². The molecule has 0 radical (unpaired) electrons. The van der Waals surface area contributed by atoms with Gasteiger partial charge in [0.1, 0.15) is 0 Å². The molecular formula is C15H21N3O2. The van der Waals surface area contributed by atoms with E-state index in [1.165, 1.54) is 5.56 Å². The molecule has 2 N–H and O–H groups in total. The van der Waals surface area contributed by atoms with Crippen molar-refractivity contribution in [1.29, 1.82) is 0 Å². The first-order valence-corrected chi connectivity index (χ1v) is 6.81. The van der Waals surface area contributed by atoms with Crippen LogP contribution in [0.3, 0.4) is 0 Å². The molecule has 1 aromatic carbocycles. The summed E-state index contributed by atoms with van der Waals surface area (Å²) in [6.45, 7) is 2.76. The minimum atomic E-state index is -0.218. The zero-order valence-corrected chi connectivity index (χ0v) is 12.0. The van der Waals surface area contributed by atoms with Crippen LogP contribution in [0.5, 0.6) is 0 Å². The van der Waals surface area contributed by atoms with E-state index >= 15 is 0 Å². The van der Waals surface area contributed by atoms with Crippen LogP contribution in [-0.2, 0) is 11.2 Å². The van der Waals surface area contributed by atoms with E-state index in [2.05, 4.69) is 41.3 Å². The Morgan fingerprint density at radius 3 is 2.75 bits per heavy atom. The molecule has 5 heteroatoms. The van der Waals surface area contributed by atoms with Gasteiger partial charge in [-0.25, -0.2) is 0 Å². The van der Waals surface area contributed by atoms with Crippen LogP contribution in [0.15, 0.2) is 28.8 Å². The average molecular weight is 275 g/mol. The molecule has 0 spiro atoms. The van der Waals surface area contributed by atoms with E-state index in [9.17, 15) is 0 Å². The molecule has 2 rings (SSSR count). The maximum absolute atomic E-state index is 6.01. The van der Waals surface area contributed by atoms with Crippen molar-refractivity contribution in [2.24, 2.45) is 5.73 Å². The Morgan fingerprint density at radius 2 is 2.05 bits per heavy atom. The van der Waals surface area contributed by atoms with Crippen LogP contribution < -0.4 is 5.73 Å². The van der Waals surface area contributed by atoms with Gasteiger partial charge in [0, 0.05) is 20.1 Å². The summed E-state index contributed by atoms with van der Waals surface area (Å²) in [7, 11) is 1.68. The monoisotopic (exact) mass is 275 g/mol. The van der Waals surface area contributed by atoms with Crippen LogP contribution >= 0.6 is 0 Å². The molecule has 0 fully saturated rings. The highest BCUT2D eigenvalue weighted by molar-refractivity contribution is 5.23. The van der Waals surface area contributed by atoms with Gasteiger partial charge in [-0.1, -0.05) is 35.0 Å². The van der Waals surface area contributed by atoms with Crippen LogP contribution in [0.1, 0.15) is 41.7 Å². The second-order valence-corrected chi connectivity index (χ2v) is 4.95. The molecular weight excluding hydrogens is 254 g/mol. The predicted molar refractivity (Wildman–Crippen MR) is 76.3 cm³/mol. The van der Waals surface area contributed by atoms with Crippen molar-refractivity contribution in [3.8, 4) is 0 Å². The lowest BCUT2D eigenvalue weighted by Gasteiger charge is -2.04. The molecule has 20 heavy (non-hydrogen) atoms. The molecule has 0 saturated heterocycles. The lowest BCUT2D eigenvalue weighted by Crippen LogP contribution is -2.11. The summed E-state index contributed by atoms with van der Waals surface area (Å²) in [5.74, 6) is 1.18. The van der Waals surface area contributed by atoms with Gasteiger partial charge in [-0.3, -0.25) is 0 Å². The second-order valence-electron chi connectivity index (χ2n) is 4.95. The molecule has 1 unspecified atom stereocenters. The first-order valence-electron chi connectivity index (χ1n) is 6.81. The van der Waals surface area contributed by atoms with Gasteiger partial charge in [-0.15, -0.1) is 0 Å². The molecule has 1 atom stereocenters. The number of benzene rings is 1. The molecule has 0 amide bonds. The van der Waals surface area contributed by atoms with Crippen LogP contribution in [0.2, 0.25) is 0 Å². The maximum Gasteiger partial charge on any atom is 0.243 e. The van der Waals surface area contributed by atoms with Crippen LogP contribution in [-0.4, -0.2) is 23.9 Å². The summed E-state index contributed by atoms with van der Waals surface area (Å²) in [5.41, 5.74) is 8.41. The Bertz CT molecular complexity index is 522. The Kier molecular flexibility index (Phi) is 5.26. The van der Waals surface area contributed by atoms with Crippen molar-refractivity contribution in [1.82, 2.24) is 10.1 Å². The summed E-state index contributed by atoms with van der Waals surface area (Å²) >= 11 is 0. The number of aryl methyl sites for hydroxylation is 1. The minimum Gasteiger partial charge on any atom is -0.385 e. The SMILES string of the molecule is COCCCC(N)c1nc(Cc2ccc(C)cc2)no1. The van der Waals surface area contributed by atoms with Crippen molar-refractivity contribution in [3.63, 3.8) is 0 Å². The Balaban J connectivity index is 1.93. The van der Waals surface area contributed by atoms with Crippen molar-refractivity contribution >= 4 is 0 Å². The number of hydrogen-bond donors (Lipinski definition) is 1. The summed E-state index contributed by atoms with van der Waals surface area (Å²) < 4.78 is 10.2. The largest absolute Gasteiger partial charge is 0.385 e. The third-order valence-electron chi connectivity index (χ3n) is 3.15. The predicted octanol–water partition coefficient (Wildman–Crippen LogP) is 2.40. The van der Waals surface area contributed by atoms with E-state index in [1.54, 1.807) is 7.11 Å². The lowest BCUT2D eigenvalue weighted by atomic mass is 10.1. The van der Waals surface area contributed by atoms with Crippen molar-refractivity contribution in [2.75, 3.05) is 13.7 Å². The highest BCUT2D eigenvalue weighted by Gasteiger charge is 2.14. The molecule has 0 aliphatic rings. The molecule has 0 aliphatic heterocycles. The summed E-state index contributed by atoms with van der Waals surface area (Å²) in [4.78, 5) is 4.36. The Morgan fingerprint density at radius 1 is 1.30 bits per heavy atom. The molecule has 108 valence electrons. The summed E-state index contributed by atoms with van der Waals surface area (Å²) in [6.07, 6.45) is 2.32. The van der Waals surface area contributed by atoms with E-state index in [4.69, 9.17) is 15.0 Å². The number of rotatable bonds is 7. The number of aromatic nitrogens is 2. The maximum atomic E-state index is 6.01. The van der Waals surface area contributed by atoms with Gasteiger partial charge in [0.25, 0.3) is 0 Å². The third-order valence-corrected chi connectivity index (χ3v) is 3.15. The van der Waals surface area contributed by atoms with E-state index in [-0.39, 0.29) is 6.04 Å². The van der Waals surface area contributed by atoms with Gasteiger partial charge < -0.3 is 15.0 Å². The van der Waals surface area contributed by atoms with Crippen molar-refractivity contribution in [2.45, 2.75) is 32.2 Å². The van der Waals surface area contributed by atoms with Gasteiger partial charge >= 0.3 is 0 Å². The second kappa shape index (κ2) is 7.17. The number of nitrogens with two attached hydrogens (primary N) is 1. The van der Waals surface area contributed by atoms with Crippen molar-refractivity contribution in [3.05, 3.63) is 47.1 Å². The van der Waals surface area contributed by atoms with Gasteiger partial charge in [0.15, 0.2) is 5.82 Å². The minimum absolute atomic E-state index is 0.218. The van der Waals surface area contributed by atoms with Gasteiger partial charge in [0.2, 0.25) is 5.89 Å². The fourth-order valence-corrected chi connectivity index (χ4v) is 1.95. The highest BCUT2D eigenvalue weighted by Crippen LogP contribution is 2.15. The van der Waals surface area contributed by atoms with Crippen molar-refractivity contribution < 1.29 is 9.26 Å². The number of hydrogen-bond acceptors (Lipinski definition) is 5. The molecule has 0 bridgehead atoms. The number of ether oxygens (including phenoxy) is 1. The average Bonchev–Trinajstić information content (AvgIpc) is 2.90. The quantitative estimate of drug-likeness (QED) is 0.785. The lowest BCUT2D eigenvalue weighted by molar-refractivity contribution is 0.188. The van der Waals surface area contributed by atoms with E-state index in [1.807, 2.05) is 0 Å². The smallest absolute Gasteiger partial charge is 0.243 e. The molecule has 1 heterocycles. The Labute approximate surface area is 119 Å². The van der Waals surface area contributed by atoms with Crippen LogP contribution in [0.25, 0.3) is 0 Å². The molecule has 2 aromatic rings. The fraction of sp³-hybridized carbons (Fsp3) is 0.467. The molecule has 5 nitrogen and oxygen atoms in total. The molecule has 0 aliphatic carbocycles. The number of nitrogens with zero attached hydrogens (tertiary/aromatic N) is 2. The molecule has 0 saturated carbocycles. The van der Waals surface area contributed by atoms with E-state index in [0.717, 1.165) is 18.4 Å². The van der Waals surface area contributed by atoms with Gasteiger partial charge in [0.05, 0.1) is 6.04 Å². The first-order chi connectivity index (χ1) is 9.69. The van der Waals surface area contributed by atoms with Gasteiger partial charge in [-0.2, -0.15) is 4.98 Å². The van der Waals surface area contributed by atoms with Crippen LogP contribution in [0.4, 0.5) is 0 Å².